The molecule has 2 heterocycles. The molecule has 1 aromatic carbocycles. The highest BCUT2D eigenvalue weighted by molar-refractivity contribution is 6.04. The molecule has 124 valence electrons. The van der Waals surface area contributed by atoms with Crippen LogP contribution in [-0.2, 0) is 6.54 Å². The molecule has 3 aromatic rings. The first kappa shape index (κ1) is 16.3. The first-order valence-electron chi connectivity index (χ1n) is 7.71. The molecule has 2 aromatic heterocycles. The maximum absolute atomic E-state index is 12.1. The van der Waals surface area contributed by atoms with Gasteiger partial charge in [0.15, 0.2) is 0 Å². The first-order valence-corrected chi connectivity index (χ1v) is 7.71. The largest absolute Gasteiger partial charge is 0.348 e. The predicted molar refractivity (Wildman–Crippen MR) is 94.0 cm³/mol. The molecule has 25 heavy (non-hydrogen) atoms. The highest BCUT2D eigenvalue weighted by Gasteiger charge is 2.07. The summed E-state index contributed by atoms with van der Waals surface area (Å²) in [5.41, 5.74) is 2.62. The zero-order chi connectivity index (χ0) is 17.5. The lowest BCUT2D eigenvalue weighted by Gasteiger charge is -2.08. The molecule has 0 bridgehead atoms. The minimum Gasteiger partial charge on any atom is -0.348 e. The summed E-state index contributed by atoms with van der Waals surface area (Å²) in [6.07, 6.45) is 6.27. The number of hydrogen-bond donors (Lipinski definition) is 2. The summed E-state index contributed by atoms with van der Waals surface area (Å²) in [6.45, 7) is 0.393. The molecule has 0 aliphatic carbocycles. The number of nitrogens with zero attached hydrogens (tertiary/aromatic N) is 2. The Hall–Kier alpha value is -3.54. The fourth-order valence-corrected chi connectivity index (χ4v) is 2.19. The van der Waals surface area contributed by atoms with Crippen molar-refractivity contribution in [1.29, 1.82) is 0 Å². The Balaban J connectivity index is 1.55. The quantitative estimate of drug-likeness (QED) is 0.752. The number of pyridine rings is 2. The summed E-state index contributed by atoms with van der Waals surface area (Å²) in [5.74, 6) is -0.396. The maximum Gasteiger partial charge on any atom is 0.257 e. The molecule has 0 spiro atoms. The molecule has 6 heteroatoms. The topological polar surface area (TPSA) is 84.0 Å². The average Bonchev–Trinajstić information content (AvgIpc) is 2.68. The van der Waals surface area contributed by atoms with Gasteiger partial charge >= 0.3 is 0 Å². The Labute approximate surface area is 145 Å². The molecule has 0 radical (unpaired) electrons. The number of anilines is 1. The van der Waals surface area contributed by atoms with Crippen molar-refractivity contribution in [3.8, 4) is 0 Å². The molecular formula is C19H16N4O2. The van der Waals surface area contributed by atoms with Crippen molar-refractivity contribution in [1.82, 2.24) is 15.3 Å². The molecule has 6 nitrogen and oxygen atoms in total. The standard InChI is InChI=1S/C19H16N4O2/c24-18(15-3-1-9-20-12-15)22-11-14-5-7-17(8-6-14)23-19(25)16-4-2-10-21-13-16/h1-10,12-13H,11H2,(H,22,24)(H,23,25). The van der Waals surface area contributed by atoms with Crippen molar-refractivity contribution in [2.75, 3.05) is 5.32 Å². The van der Waals surface area contributed by atoms with Gasteiger partial charge in [-0.05, 0) is 42.0 Å². The van der Waals surface area contributed by atoms with E-state index in [9.17, 15) is 9.59 Å². The van der Waals surface area contributed by atoms with Gasteiger partial charge in [0.05, 0.1) is 11.1 Å². The summed E-state index contributed by atoms with van der Waals surface area (Å²) < 4.78 is 0. The summed E-state index contributed by atoms with van der Waals surface area (Å²) in [7, 11) is 0. The van der Waals surface area contributed by atoms with Crippen LogP contribution >= 0.6 is 0 Å². The van der Waals surface area contributed by atoms with Gasteiger partial charge in [-0.2, -0.15) is 0 Å². The smallest absolute Gasteiger partial charge is 0.257 e. The van der Waals surface area contributed by atoms with Gasteiger partial charge in [-0.25, -0.2) is 0 Å². The molecule has 2 N–H and O–H groups in total. The number of rotatable bonds is 5. The van der Waals surface area contributed by atoms with E-state index in [2.05, 4.69) is 20.6 Å². The molecule has 0 saturated carbocycles. The van der Waals surface area contributed by atoms with Gasteiger partial charge in [0.2, 0.25) is 0 Å². The second kappa shape index (κ2) is 7.83. The fourth-order valence-electron chi connectivity index (χ4n) is 2.19. The maximum atomic E-state index is 12.1. The third kappa shape index (κ3) is 4.48. The van der Waals surface area contributed by atoms with Crippen LogP contribution in [-0.4, -0.2) is 21.8 Å². The molecular weight excluding hydrogens is 316 g/mol. The number of nitrogens with one attached hydrogen (secondary N) is 2. The van der Waals surface area contributed by atoms with Crippen LogP contribution in [0.5, 0.6) is 0 Å². The van der Waals surface area contributed by atoms with Gasteiger partial charge in [-0.3, -0.25) is 19.6 Å². The van der Waals surface area contributed by atoms with Crippen LogP contribution in [0, 0.1) is 0 Å². The van der Waals surface area contributed by atoms with E-state index in [4.69, 9.17) is 0 Å². The Bertz CT molecular complexity index is 850. The van der Waals surface area contributed by atoms with Crippen molar-refractivity contribution in [3.63, 3.8) is 0 Å². The van der Waals surface area contributed by atoms with Gasteiger partial charge in [0, 0.05) is 37.0 Å². The highest BCUT2D eigenvalue weighted by atomic mass is 16.2. The minimum atomic E-state index is -0.217. The molecule has 0 atom stereocenters. The summed E-state index contributed by atoms with van der Waals surface area (Å²) in [4.78, 5) is 31.9. The van der Waals surface area contributed by atoms with Gasteiger partial charge < -0.3 is 10.6 Å². The second-order valence-corrected chi connectivity index (χ2v) is 5.32. The molecule has 0 aliphatic heterocycles. The van der Waals surface area contributed by atoms with Gasteiger partial charge in [0.25, 0.3) is 11.8 Å². The zero-order valence-corrected chi connectivity index (χ0v) is 13.3. The SMILES string of the molecule is O=C(NCc1ccc(NC(=O)c2cccnc2)cc1)c1cccnc1. The molecule has 0 saturated heterocycles. The highest BCUT2D eigenvalue weighted by Crippen LogP contribution is 2.11. The summed E-state index contributed by atoms with van der Waals surface area (Å²) in [5, 5.41) is 5.63. The van der Waals surface area contributed by atoms with Crippen LogP contribution in [0.25, 0.3) is 0 Å². The molecule has 0 unspecified atom stereocenters. The number of hydrogen-bond acceptors (Lipinski definition) is 4. The van der Waals surface area contributed by atoms with Gasteiger partial charge in [-0.1, -0.05) is 12.1 Å². The Morgan fingerprint density at radius 1 is 0.800 bits per heavy atom. The summed E-state index contributed by atoms with van der Waals surface area (Å²) in [6, 6.07) is 14.1. The second-order valence-electron chi connectivity index (χ2n) is 5.32. The molecule has 0 fully saturated rings. The lowest BCUT2D eigenvalue weighted by atomic mass is 10.2. The minimum absolute atomic E-state index is 0.179. The van der Waals surface area contributed by atoms with E-state index < -0.39 is 0 Å². The van der Waals surface area contributed by atoms with E-state index in [1.807, 2.05) is 12.1 Å². The van der Waals surface area contributed by atoms with Crippen LogP contribution in [0.3, 0.4) is 0 Å². The van der Waals surface area contributed by atoms with Crippen LogP contribution in [0.1, 0.15) is 26.3 Å². The zero-order valence-electron chi connectivity index (χ0n) is 13.3. The van der Waals surface area contributed by atoms with Crippen molar-refractivity contribution in [2.24, 2.45) is 0 Å². The van der Waals surface area contributed by atoms with Crippen LogP contribution in [0.15, 0.2) is 73.3 Å². The van der Waals surface area contributed by atoms with E-state index in [1.54, 1.807) is 48.8 Å². The fraction of sp³-hybridized carbons (Fsp3) is 0.0526. The van der Waals surface area contributed by atoms with Crippen molar-refractivity contribution < 1.29 is 9.59 Å². The number of benzene rings is 1. The summed E-state index contributed by atoms with van der Waals surface area (Å²) >= 11 is 0. The van der Waals surface area contributed by atoms with Crippen molar-refractivity contribution in [3.05, 3.63) is 90.0 Å². The van der Waals surface area contributed by atoms with Crippen molar-refractivity contribution >= 4 is 17.5 Å². The molecule has 2 amide bonds. The van der Waals surface area contributed by atoms with Crippen LogP contribution in [0.4, 0.5) is 5.69 Å². The molecule has 3 rings (SSSR count). The third-order valence-electron chi connectivity index (χ3n) is 3.51. The number of carbonyl (C=O) groups excluding carboxylic acids is 2. The number of amides is 2. The van der Waals surface area contributed by atoms with Crippen LogP contribution in [0.2, 0.25) is 0 Å². The Morgan fingerprint density at radius 2 is 1.40 bits per heavy atom. The molecule has 0 aliphatic rings. The number of aromatic nitrogens is 2. The third-order valence-corrected chi connectivity index (χ3v) is 3.51. The van der Waals surface area contributed by atoms with E-state index >= 15 is 0 Å². The van der Waals surface area contributed by atoms with Gasteiger partial charge in [0.1, 0.15) is 0 Å². The first-order chi connectivity index (χ1) is 12.2. The monoisotopic (exact) mass is 332 g/mol. The van der Waals surface area contributed by atoms with Crippen LogP contribution < -0.4 is 10.6 Å². The van der Waals surface area contributed by atoms with E-state index in [-0.39, 0.29) is 11.8 Å². The lowest BCUT2D eigenvalue weighted by molar-refractivity contribution is 0.0949. The van der Waals surface area contributed by atoms with Crippen molar-refractivity contribution in [2.45, 2.75) is 6.54 Å². The lowest BCUT2D eigenvalue weighted by Crippen LogP contribution is -2.22. The van der Waals surface area contributed by atoms with E-state index in [0.717, 1.165) is 5.56 Å². The number of carbonyl (C=O) groups is 2. The van der Waals surface area contributed by atoms with Gasteiger partial charge in [-0.15, -0.1) is 0 Å². The normalized spacial score (nSPS) is 10.1. The Kier molecular flexibility index (Phi) is 5.11. The van der Waals surface area contributed by atoms with E-state index in [0.29, 0.717) is 23.4 Å². The average molecular weight is 332 g/mol. The Morgan fingerprint density at radius 3 is 1.96 bits per heavy atom. The van der Waals surface area contributed by atoms with E-state index in [1.165, 1.54) is 12.4 Å². The predicted octanol–water partition coefficient (Wildman–Crippen LogP) is 2.66.